The van der Waals surface area contributed by atoms with Crippen LogP contribution in [0.15, 0.2) is 0 Å². The van der Waals surface area contributed by atoms with Crippen LogP contribution in [0.2, 0.25) is 0 Å². The summed E-state index contributed by atoms with van der Waals surface area (Å²) in [4.78, 5) is 0. The van der Waals surface area contributed by atoms with Gasteiger partial charge in [-0.2, -0.15) is 0 Å². The zero-order chi connectivity index (χ0) is 8.27. The van der Waals surface area contributed by atoms with Crippen molar-refractivity contribution in [3.63, 3.8) is 0 Å². The maximum Gasteiger partial charge on any atom is 0.0218 e. The van der Waals surface area contributed by atoms with Crippen LogP contribution in [0.25, 0.3) is 0 Å². The summed E-state index contributed by atoms with van der Waals surface area (Å²) in [5.41, 5.74) is 5.64. The second-order valence-electron chi connectivity index (χ2n) is 3.98. The van der Waals surface area contributed by atoms with Crippen molar-refractivity contribution in [1.29, 1.82) is 0 Å². The molecular formula is C9H20N2. The Labute approximate surface area is 69.5 Å². The van der Waals surface area contributed by atoms with Gasteiger partial charge in [-0.1, -0.05) is 13.8 Å². The highest BCUT2D eigenvalue weighted by Crippen LogP contribution is 2.32. The van der Waals surface area contributed by atoms with Gasteiger partial charge in [-0.15, -0.1) is 0 Å². The van der Waals surface area contributed by atoms with Crippen molar-refractivity contribution in [3.05, 3.63) is 0 Å². The molecule has 0 aromatic carbocycles. The van der Waals surface area contributed by atoms with Gasteiger partial charge in [-0.05, 0) is 31.2 Å². The Morgan fingerprint density at radius 1 is 1.45 bits per heavy atom. The molecule has 1 rings (SSSR count). The molecule has 0 amide bonds. The molecule has 66 valence electrons. The van der Waals surface area contributed by atoms with Gasteiger partial charge in [0, 0.05) is 12.6 Å². The van der Waals surface area contributed by atoms with Crippen molar-refractivity contribution < 1.29 is 0 Å². The second kappa shape index (κ2) is 4.07. The predicted molar refractivity (Wildman–Crippen MR) is 48.4 cm³/mol. The van der Waals surface area contributed by atoms with E-state index in [0.29, 0.717) is 6.04 Å². The number of rotatable bonds is 5. The maximum absolute atomic E-state index is 5.64. The van der Waals surface area contributed by atoms with Crippen molar-refractivity contribution in [1.82, 2.24) is 5.32 Å². The molecule has 2 nitrogen and oxygen atoms in total. The minimum atomic E-state index is 0.595. The molecule has 3 N–H and O–H groups in total. The third-order valence-electron chi connectivity index (χ3n) is 2.23. The molecule has 1 atom stereocenters. The molecule has 0 aromatic rings. The first-order valence-electron chi connectivity index (χ1n) is 4.67. The van der Waals surface area contributed by atoms with E-state index in [2.05, 4.69) is 19.2 Å². The smallest absolute Gasteiger partial charge is 0.0218 e. The summed E-state index contributed by atoms with van der Waals surface area (Å²) in [7, 11) is 0. The quantitative estimate of drug-likeness (QED) is 0.622. The summed E-state index contributed by atoms with van der Waals surface area (Å²) >= 11 is 0. The third-order valence-corrected chi connectivity index (χ3v) is 2.23. The van der Waals surface area contributed by atoms with Crippen LogP contribution in [0.4, 0.5) is 0 Å². The summed E-state index contributed by atoms with van der Waals surface area (Å²) < 4.78 is 0. The lowest BCUT2D eigenvalue weighted by atomic mass is 10.1. The Balaban J connectivity index is 2.10. The fourth-order valence-corrected chi connectivity index (χ4v) is 1.33. The fourth-order valence-electron chi connectivity index (χ4n) is 1.33. The molecule has 2 heteroatoms. The van der Waals surface area contributed by atoms with Crippen LogP contribution in [0.5, 0.6) is 0 Å². The Morgan fingerprint density at radius 3 is 2.45 bits per heavy atom. The van der Waals surface area contributed by atoms with Gasteiger partial charge in [0.2, 0.25) is 0 Å². The van der Waals surface area contributed by atoms with Crippen LogP contribution in [-0.2, 0) is 0 Å². The monoisotopic (exact) mass is 156 g/mol. The highest BCUT2D eigenvalue weighted by Gasteiger charge is 2.29. The summed E-state index contributed by atoms with van der Waals surface area (Å²) in [6, 6.07) is 0.595. The molecule has 1 fully saturated rings. The van der Waals surface area contributed by atoms with Gasteiger partial charge < -0.3 is 11.1 Å². The van der Waals surface area contributed by atoms with E-state index in [4.69, 9.17) is 5.73 Å². The highest BCUT2D eigenvalue weighted by atomic mass is 14.9. The van der Waals surface area contributed by atoms with E-state index in [-0.39, 0.29) is 0 Å². The summed E-state index contributed by atoms with van der Waals surface area (Å²) in [5, 5.41) is 3.51. The first-order valence-corrected chi connectivity index (χ1v) is 4.67. The molecule has 1 saturated carbocycles. The van der Waals surface area contributed by atoms with Crippen LogP contribution in [0.3, 0.4) is 0 Å². The van der Waals surface area contributed by atoms with Gasteiger partial charge in [0.25, 0.3) is 0 Å². The largest absolute Gasteiger partial charge is 0.329 e. The molecular weight excluding hydrogens is 136 g/mol. The zero-order valence-corrected chi connectivity index (χ0v) is 7.64. The van der Waals surface area contributed by atoms with Crippen LogP contribution in [0, 0.1) is 11.8 Å². The predicted octanol–water partition coefficient (Wildman–Crippen LogP) is 0.969. The van der Waals surface area contributed by atoms with Gasteiger partial charge in [0.15, 0.2) is 0 Å². The molecule has 0 aromatic heterocycles. The zero-order valence-electron chi connectivity index (χ0n) is 7.64. The van der Waals surface area contributed by atoms with Crippen molar-refractivity contribution >= 4 is 0 Å². The topological polar surface area (TPSA) is 38.0 Å². The molecule has 0 spiro atoms. The normalized spacial score (nSPS) is 20.7. The Hall–Kier alpha value is -0.0800. The van der Waals surface area contributed by atoms with Gasteiger partial charge in [-0.25, -0.2) is 0 Å². The minimum Gasteiger partial charge on any atom is -0.329 e. The van der Waals surface area contributed by atoms with Gasteiger partial charge in [-0.3, -0.25) is 0 Å². The van der Waals surface area contributed by atoms with E-state index in [1.54, 1.807) is 0 Å². The molecule has 0 heterocycles. The molecule has 0 bridgehead atoms. The molecule has 0 aliphatic heterocycles. The van der Waals surface area contributed by atoms with E-state index in [9.17, 15) is 0 Å². The summed E-state index contributed by atoms with van der Waals surface area (Å²) in [5.74, 6) is 1.63. The van der Waals surface area contributed by atoms with Crippen molar-refractivity contribution in [2.45, 2.75) is 32.7 Å². The van der Waals surface area contributed by atoms with E-state index < -0.39 is 0 Å². The van der Waals surface area contributed by atoms with Crippen LogP contribution < -0.4 is 11.1 Å². The molecule has 0 saturated heterocycles. The average molecular weight is 156 g/mol. The molecule has 11 heavy (non-hydrogen) atoms. The van der Waals surface area contributed by atoms with E-state index >= 15 is 0 Å². The highest BCUT2D eigenvalue weighted by molar-refractivity contribution is 4.86. The molecule has 1 aliphatic carbocycles. The van der Waals surface area contributed by atoms with Gasteiger partial charge in [0.1, 0.15) is 0 Å². The van der Waals surface area contributed by atoms with Crippen LogP contribution in [-0.4, -0.2) is 19.1 Å². The standard InChI is InChI=1S/C9H20N2/c1-7(2)6-11-9(5-10)8-3-4-8/h7-9,11H,3-6,10H2,1-2H3. The summed E-state index contributed by atoms with van der Waals surface area (Å²) in [6.45, 7) is 6.37. The second-order valence-corrected chi connectivity index (χ2v) is 3.98. The molecule has 1 aliphatic rings. The van der Waals surface area contributed by atoms with Crippen molar-refractivity contribution in [2.24, 2.45) is 17.6 Å². The maximum atomic E-state index is 5.64. The third kappa shape index (κ3) is 3.21. The number of nitrogens with two attached hydrogens (primary N) is 1. The van der Waals surface area contributed by atoms with Crippen molar-refractivity contribution in [2.75, 3.05) is 13.1 Å². The van der Waals surface area contributed by atoms with Gasteiger partial charge >= 0.3 is 0 Å². The van der Waals surface area contributed by atoms with Gasteiger partial charge in [0.05, 0.1) is 0 Å². The minimum absolute atomic E-state index is 0.595. The number of hydrogen-bond donors (Lipinski definition) is 2. The fraction of sp³-hybridized carbons (Fsp3) is 1.00. The van der Waals surface area contributed by atoms with E-state index in [1.807, 2.05) is 0 Å². The first-order chi connectivity index (χ1) is 5.24. The van der Waals surface area contributed by atoms with Crippen molar-refractivity contribution in [3.8, 4) is 0 Å². The lowest BCUT2D eigenvalue weighted by molar-refractivity contribution is 0.433. The molecule has 1 unspecified atom stereocenters. The lowest BCUT2D eigenvalue weighted by Gasteiger charge is -2.17. The SMILES string of the molecule is CC(C)CNC(CN)C1CC1. The Bertz CT molecular complexity index is 108. The van der Waals surface area contributed by atoms with E-state index in [1.165, 1.54) is 12.8 Å². The lowest BCUT2D eigenvalue weighted by Crippen LogP contribution is -2.39. The number of nitrogens with one attached hydrogen (secondary N) is 1. The Morgan fingerprint density at radius 2 is 2.09 bits per heavy atom. The first kappa shape index (κ1) is 9.01. The van der Waals surface area contributed by atoms with Crippen LogP contribution >= 0.6 is 0 Å². The Kier molecular flexibility index (Phi) is 3.34. The number of hydrogen-bond acceptors (Lipinski definition) is 2. The average Bonchev–Trinajstić information content (AvgIpc) is 2.72. The summed E-state index contributed by atoms with van der Waals surface area (Å²) in [6.07, 6.45) is 2.76. The van der Waals surface area contributed by atoms with E-state index in [0.717, 1.165) is 24.9 Å². The molecule has 0 radical (unpaired) electrons. The van der Waals surface area contributed by atoms with Crippen LogP contribution in [0.1, 0.15) is 26.7 Å².